The highest BCUT2D eigenvalue weighted by atomic mass is 79.9. The second kappa shape index (κ2) is 5.72. The third-order valence-electron chi connectivity index (χ3n) is 2.07. The molecule has 0 spiro atoms. The lowest BCUT2D eigenvalue weighted by Crippen LogP contribution is -2.22. The SMILES string of the molecule is CC(CN)S(=O)Cc1ccc(F)c(Br)c1. The standard InChI is InChI=1S/C10H13BrFNOS/c1-7(5-13)15(14)6-8-2-3-10(12)9(11)4-8/h2-4,7H,5-6,13H2,1H3. The Morgan fingerprint density at radius 3 is 2.80 bits per heavy atom. The molecule has 1 aromatic rings. The van der Waals surface area contributed by atoms with Crippen LogP contribution in [0.2, 0.25) is 0 Å². The summed E-state index contributed by atoms with van der Waals surface area (Å²) in [6.07, 6.45) is 0. The Bertz CT molecular complexity index is 372. The van der Waals surface area contributed by atoms with Crippen LogP contribution in [0.4, 0.5) is 4.39 Å². The Morgan fingerprint density at radius 2 is 2.27 bits per heavy atom. The first-order valence-electron chi connectivity index (χ1n) is 4.55. The second-order valence-corrected chi connectivity index (χ2v) is 6.03. The van der Waals surface area contributed by atoms with E-state index in [1.807, 2.05) is 6.92 Å². The van der Waals surface area contributed by atoms with Gasteiger partial charge in [0.1, 0.15) is 5.82 Å². The number of hydrogen-bond donors (Lipinski definition) is 1. The molecule has 0 aliphatic carbocycles. The van der Waals surface area contributed by atoms with Gasteiger partial charge in [-0.3, -0.25) is 4.21 Å². The smallest absolute Gasteiger partial charge is 0.137 e. The van der Waals surface area contributed by atoms with Gasteiger partial charge in [-0.1, -0.05) is 6.07 Å². The van der Waals surface area contributed by atoms with Gasteiger partial charge in [-0.15, -0.1) is 0 Å². The Morgan fingerprint density at radius 1 is 1.60 bits per heavy atom. The number of nitrogens with two attached hydrogens (primary N) is 1. The average Bonchev–Trinajstić information content (AvgIpc) is 2.22. The number of benzene rings is 1. The van der Waals surface area contributed by atoms with Crippen molar-refractivity contribution in [2.24, 2.45) is 5.73 Å². The number of halogens is 2. The molecule has 84 valence electrons. The van der Waals surface area contributed by atoms with Crippen molar-refractivity contribution in [1.29, 1.82) is 0 Å². The molecule has 2 unspecified atom stereocenters. The first-order valence-corrected chi connectivity index (χ1v) is 6.73. The average molecular weight is 294 g/mol. The predicted molar refractivity (Wildman–Crippen MR) is 64.5 cm³/mol. The fourth-order valence-corrected chi connectivity index (χ4v) is 2.48. The van der Waals surface area contributed by atoms with Crippen LogP contribution < -0.4 is 5.73 Å². The lowest BCUT2D eigenvalue weighted by atomic mass is 10.2. The van der Waals surface area contributed by atoms with Crippen molar-refractivity contribution < 1.29 is 8.60 Å². The summed E-state index contributed by atoms with van der Waals surface area (Å²) in [5.74, 6) is 0.105. The topological polar surface area (TPSA) is 43.1 Å². The molecule has 0 amide bonds. The van der Waals surface area contributed by atoms with Crippen LogP contribution in [0.1, 0.15) is 12.5 Å². The van der Waals surface area contributed by atoms with E-state index >= 15 is 0 Å². The maximum atomic E-state index is 12.9. The van der Waals surface area contributed by atoms with Gasteiger partial charge in [-0.2, -0.15) is 0 Å². The van der Waals surface area contributed by atoms with Gasteiger partial charge in [-0.25, -0.2) is 4.39 Å². The van der Waals surface area contributed by atoms with Crippen LogP contribution in [0.5, 0.6) is 0 Å². The summed E-state index contributed by atoms with van der Waals surface area (Å²) in [4.78, 5) is 0. The number of hydrogen-bond acceptors (Lipinski definition) is 2. The molecule has 1 rings (SSSR count). The molecule has 2 N–H and O–H groups in total. The first-order chi connectivity index (χ1) is 7.04. The van der Waals surface area contributed by atoms with Crippen molar-refractivity contribution in [2.45, 2.75) is 17.9 Å². The quantitative estimate of drug-likeness (QED) is 0.925. The second-order valence-electron chi connectivity index (χ2n) is 3.32. The van der Waals surface area contributed by atoms with Crippen molar-refractivity contribution in [1.82, 2.24) is 0 Å². The van der Waals surface area contributed by atoms with Crippen LogP contribution in [-0.4, -0.2) is 16.0 Å². The van der Waals surface area contributed by atoms with E-state index in [2.05, 4.69) is 15.9 Å². The van der Waals surface area contributed by atoms with Gasteiger partial charge >= 0.3 is 0 Å². The zero-order chi connectivity index (χ0) is 11.4. The molecule has 0 fully saturated rings. The molecule has 5 heteroatoms. The highest BCUT2D eigenvalue weighted by molar-refractivity contribution is 9.10. The molecule has 0 aliphatic heterocycles. The van der Waals surface area contributed by atoms with E-state index in [9.17, 15) is 8.60 Å². The Kier molecular flexibility index (Phi) is 4.89. The van der Waals surface area contributed by atoms with Crippen molar-refractivity contribution >= 4 is 26.7 Å². The minimum absolute atomic E-state index is 0.0335. The van der Waals surface area contributed by atoms with Gasteiger partial charge in [0.25, 0.3) is 0 Å². The molecule has 0 aromatic heterocycles. The maximum Gasteiger partial charge on any atom is 0.137 e. The van der Waals surface area contributed by atoms with Gasteiger partial charge in [0.05, 0.1) is 4.47 Å². The summed E-state index contributed by atoms with van der Waals surface area (Å²) < 4.78 is 25.0. The molecule has 0 heterocycles. The zero-order valence-corrected chi connectivity index (χ0v) is 10.8. The summed E-state index contributed by atoms with van der Waals surface area (Å²) in [6.45, 7) is 2.24. The first kappa shape index (κ1) is 12.8. The Balaban J connectivity index is 2.73. The highest BCUT2D eigenvalue weighted by Gasteiger charge is 2.10. The van der Waals surface area contributed by atoms with Crippen LogP contribution in [-0.2, 0) is 16.6 Å². The Hall–Kier alpha value is -0.260. The summed E-state index contributed by atoms with van der Waals surface area (Å²) >= 11 is 3.09. The monoisotopic (exact) mass is 293 g/mol. The maximum absolute atomic E-state index is 12.9. The molecule has 0 bridgehead atoms. The minimum atomic E-state index is -0.999. The summed E-state index contributed by atoms with van der Waals surface area (Å²) in [7, 11) is -0.999. The van der Waals surface area contributed by atoms with Gasteiger partial charge < -0.3 is 5.73 Å². The molecule has 2 atom stereocenters. The van der Waals surface area contributed by atoms with Crippen molar-refractivity contribution in [3.05, 3.63) is 34.1 Å². The van der Waals surface area contributed by atoms with Crippen LogP contribution in [0.3, 0.4) is 0 Å². The molecule has 2 nitrogen and oxygen atoms in total. The lowest BCUT2D eigenvalue weighted by Gasteiger charge is -2.08. The van der Waals surface area contributed by atoms with Crippen LogP contribution >= 0.6 is 15.9 Å². The molecule has 15 heavy (non-hydrogen) atoms. The molecular formula is C10H13BrFNOS. The lowest BCUT2D eigenvalue weighted by molar-refractivity contribution is 0.620. The van der Waals surface area contributed by atoms with E-state index < -0.39 is 10.8 Å². The normalized spacial score (nSPS) is 14.9. The Labute approximate surface area is 99.6 Å². The van der Waals surface area contributed by atoms with E-state index in [1.165, 1.54) is 6.07 Å². The van der Waals surface area contributed by atoms with Crippen LogP contribution in [0.15, 0.2) is 22.7 Å². The van der Waals surface area contributed by atoms with Crippen LogP contribution in [0, 0.1) is 5.82 Å². The zero-order valence-electron chi connectivity index (χ0n) is 8.37. The molecular weight excluding hydrogens is 281 g/mol. The summed E-state index contributed by atoms with van der Waals surface area (Å²) in [5, 5.41) is -0.0335. The summed E-state index contributed by atoms with van der Waals surface area (Å²) in [6, 6.07) is 4.65. The predicted octanol–water partition coefficient (Wildman–Crippen LogP) is 2.18. The van der Waals surface area contributed by atoms with E-state index in [0.29, 0.717) is 16.8 Å². The third kappa shape index (κ3) is 3.66. The molecule has 0 radical (unpaired) electrons. The van der Waals surface area contributed by atoms with E-state index in [-0.39, 0.29) is 11.1 Å². The molecule has 0 saturated heterocycles. The van der Waals surface area contributed by atoms with Crippen molar-refractivity contribution in [3.8, 4) is 0 Å². The van der Waals surface area contributed by atoms with E-state index in [0.717, 1.165) is 5.56 Å². The van der Waals surface area contributed by atoms with Gasteiger partial charge in [-0.05, 0) is 40.5 Å². The van der Waals surface area contributed by atoms with Gasteiger partial charge in [0.15, 0.2) is 0 Å². The van der Waals surface area contributed by atoms with E-state index in [1.54, 1.807) is 12.1 Å². The molecule has 0 aliphatic rings. The van der Waals surface area contributed by atoms with E-state index in [4.69, 9.17) is 5.73 Å². The summed E-state index contributed by atoms with van der Waals surface area (Å²) in [5.41, 5.74) is 6.27. The largest absolute Gasteiger partial charge is 0.329 e. The fraction of sp³-hybridized carbons (Fsp3) is 0.400. The fourth-order valence-electron chi connectivity index (χ4n) is 1.04. The third-order valence-corrected chi connectivity index (χ3v) is 4.39. The highest BCUT2D eigenvalue weighted by Crippen LogP contribution is 2.18. The minimum Gasteiger partial charge on any atom is -0.329 e. The van der Waals surface area contributed by atoms with Gasteiger partial charge in [0.2, 0.25) is 0 Å². The van der Waals surface area contributed by atoms with Crippen LogP contribution in [0.25, 0.3) is 0 Å². The molecule has 0 saturated carbocycles. The van der Waals surface area contributed by atoms with Gasteiger partial charge in [0, 0.05) is 28.3 Å². The number of rotatable bonds is 4. The van der Waals surface area contributed by atoms with Crippen molar-refractivity contribution in [2.75, 3.05) is 6.54 Å². The molecule has 1 aromatic carbocycles. The van der Waals surface area contributed by atoms with Crippen molar-refractivity contribution in [3.63, 3.8) is 0 Å².